The van der Waals surface area contributed by atoms with Crippen LogP contribution in [0.4, 0.5) is 5.00 Å². The monoisotopic (exact) mass is 363 g/mol. The SMILES string of the molecule is CCN1CCC(CCNC(=NC)N2CCN(c3cccs3)CC2)CC1. The van der Waals surface area contributed by atoms with Crippen LogP contribution in [0.25, 0.3) is 0 Å². The molecule has 6 heteroatoms. The summed E-state index contributed by atoms with van der Waals surface area (Å²) in [5, 5.41) is 7.16. The van der Waals surface area contributed by atoms with Gasteiger partial charge in [-0.15, -0.1) is 11.3 Å². The van der Waals surface area contributed by atoms with Crippen LogP contribution in [0, 0.1) is 5.92 Å². The van der Waals surface area contributed by atoms with E-state index < -0.39 is 0 Å². The topological polar surface area (TPSA) is 34.1 Å². The molecule has 2 saturated heterocycles. The predicted octanol–water partition coefficient (Wildman–Crippen LogP) is 2.57. The number of hydrogen-bond donors (Lipinski definition) is 1. The third-order valence-electron chi connectivity index (χ3n) is 5.60. The highest BCUT2D eigenvalue weighted by Gasteiger charge is 2.21. The summed E-state index contributed by atoms with van der Waals surface area (Å²) in [4.78, 5) is 12.0. The van der Waals surface area contributed by atoms with Crippen molar-refractivity contribution in [1.82, 2.24) is 15.1 Å². The minimum atomic E-state index is 0.879. The molecular formula is C19H33N5S. The Morgan fingerprint density at radius 1 is 1.20 bits per heavy atom. The largest absolute Gasteiger partial charge is 0.360 e. The lowest BCUT2D eigenvalue weighted by Crippen LogP contribution is -2.52. The summed E-state index contributed by atoms with van der Waals surface area (Å²) >= 11 is 1.83. The van der Waals surface area contributed by atoms with Gasteiger partial charge in [0.25, 0.3) is 0 Å². The fourth-order valence-electron chi connectivity index (χ4n) is 3.90. The van der Waals surface area contributed by atoms with E-state index in [9.17, 15) is 0 Å². The minimum Gasteiger partial charge on any atom is -0.360 e. The fourth-order valence-corrected chi connectivity index (χ4v) is 4.69. The van der Waals surface area contributed by atoms with E-state index in [-0.39, 0.29) is 0 Å². The quantitative estimate of drug-likeness (QED) is 0.644. The van der Waals surface area contributed by atoms with Crippen LogP contribution in [0.1, 0.15) is 26.2 Å². The van der Waals surface area contributed by atoms with Gasteiger partial charge >= 0.3 is 0 Å². The summed E-state index contributed by atoms with van der Waals surface area (Å²) in [5.74, 6) is 1.96. The Hall–Kier alpha value is -1.27. The smallest absolute Gasteiger partial charge is 0.193 e. The summed E-state index contributed by atoms with van der Waals surface area (Å²) in [6, 6.07) is 4.36. The molecule has 5 nitrogen and oxygen atoms in total. The molecule has 2 fully saturated rings. The maximum atomic E-state index is 4.51. The predicted molar refractivity (Wildman–Crippen MR) is 109 cm³/mol. The fraction of sp³-hybridized carbons (Fsp3) is 0.737. The second kappa shape index (κ2) is 9.43. The van der Waals surface area contributed by atoms with Crippen molar-refractivity contribution in [1.29, 1.82) is 0 Å². The van der Waals surface area contributed by atoms with Gasteiger partial charge in [-0.2, -0.15) is 0 Å². The van der Waals surface area contributed by atoms with Gasteiger partial charge in [-0.25, -0.2) is 0 Å². The summed E-state index contributed by atoms with van der Waals surface area (Å²) in [6.07, 6.45) is 3.98. The second-order valence-corrected chi connectivity index (χ2v) is 7.99. The zero-order chi connectivity index (χ0) is 17.5. The molecular weight excluding hydrogens is 330 g/mol. The first-order chi connectivity index (χ1) is 12.3. The minimum absolute atomic E-state index is 0.879. The van der Waals surface area contributed by atoms with Gasteiger partial charge in [0, 0.05) is 39.8 Å². The van der Waals surface area contributed by atoms with Crippen LogP contribution in [0.15, 0.2) is 22.5 Å². The number of nitrogens with zero attached hydrogens (tertiary/aromatic N) is 4. The van der Waals surface area contributed by atoms with E-state index in [0.29, 0.717) is 0 Å². The average molecular weight is 364 g/mol. The van der Waals surface area contributed by atoms with Gasteiger partial charge < -0.3 is 20.0 Å². The molecule has 0 saturated carbocycles. The number of anilines is 1. The van der Waals surface area contributed by atoms with Crippen molar-refractivity contribution in [2.45, 2.75) is 26.2 Å². The average Bonchev–Trinajstić information content (AvgIpc) is 3.21. The Balaban J connectivity index is 1.37. The highest BCUT2D eigenvalue weighted by Crippen LogP contribution is 2.22. The molecule has 1 aromatic heterocycles. The number of piperidine rings is 1. The summed E-state index contributed by atoms with van der Waals surface area (Å²) in [7, 11) is 1.91. The maximum Gasteiger partial charge on any atom is 0.193 e. The van der Waals surface area contributed by atoms with Gasteiger partial charge in [-0.05, 0) is 62.3 Å². The molecule has 0 spiro atoms. The summed E-state index contributed by atoms with van der Waals surface area (Å²) in [6.45, 7) is 11.3. The summed E-state index contributed by atoms with van der Waals surface area (Å²) < 4.78 is 0. The first-order valence-corrected chi connectivity index (χ1v) is 10.6. The van der Waals surface area contributed by atoms with Crippen LogP contribution >= 0.6 is 11.3 Å². The maximum absolute atomic E-state index is 4.51. The van der Waals surface area contributed by atoms with Crippen molar-refractivity contribution in [3.05, 3.63) is 17.5 Å². The zero-order valence-electron chi connectivity index (χ0n) is 15.8. The highest BCUT2D eigenvalue weighted by molar-refractivity contribution is 7.14. The number of rotatable bonds is 5. The van der Waals surface area contributed by atoms with Crippen LogP contribution in [0.3, 0.4) is 0 Å². The molecule has 0 atom stereocenters. The molecule has 0 aromatic carbocycles. The third kappa shape index (κ3) is 5.11. The number of likely N-dealkylation sites (tertiary alicyclic amines) is 1. The van der Waals surface area contributed by atoms with E-state index >= 15 is 0 Å². The lowest BCUT2D eigenvalue weighted by molar-refractivity contribution is 0.187. The lowest BCUT2D eigenvalue weighted by Gasteiger charge is -2.37. The molecule has 0 bridgehead atoms. The molecule has 3 rings (SSSR count). The first-order valence-electron chi connectivity index (χ1n) is 9.76. The van der Waals surface area contributed by atoms with Gasteiger partial charge in [0.15, 0.2) is 5.96 Å². The standard InChI is InChI=1S/C19H33N5S/c1-3-22-10-7-17(8-11-22)6-9-21-19(20-2)24-14-12-23(13-15-24)18-5-4-16-25-18/h4-5,16-17H,3,6-15H2,1-2H3,(H,20,21). The van der Waals surface area contributed by atoms with Gasteiger partial charge in [0.05, 0.1) is 5.00 Å². The van der Waals surface area contributed by atoms with E-state index in [2.05, 4.69) is 49.4 Å². The van der Waals surface area contributed by atoms with Gasteiger partial charge in [0.1, 0.15) is 0 Å². The molecule has 3 heterocycles. The van der Waals surface area contributed by atoms with E-state index in [1.165, 1.54) is 43.9 Å². The molecule has 0 unspecified atom stereocenters. The Morgan fingerprint density at radius 3 is 2.56 bits per heavy atom. The van der Waals surface area contributed by atoms with Crippen LogP contribution in [0.5, 0.6) is 0 Å². The van der Waals surface area contributed by atoms with Crippen molar-refractivity contribution in [2.24, 2.45) is 10.9 Å². The van der Waals surface area contributed by atoms with Crippen LogP contribution in [-0.4, -0.2) is 75.2 Å². The molecule has 0 amide bonds. The van der Waals surface area contributed by atoms with Crippen LogP contribution in [-0.2, 0) is 0 Å². The van der Waals surface area contributed by atoms with Crippen LogP contribution in [0.2, 0.25) is 0 Å². The van der Waals surface area contributed by atoms with E-state index in [4.69, 9.17) is 0 Å². The number of nitrogens with one attached hydrogen (secondary N) is 1. The van der Waals surface area contributed by atoms with Crippen molar-refractivity contribution in [2.75, 3.05) is 64.3 Å². The highest BCUT2D eigenvalue weighted by atomic mass is 32.1. The zero-order valence-corrected chi connectivity index (χ0v) is 16.6. The molecule has 2 aliphatic heterocycles. The van der Waals surface area contributed by atoms with Crippen molar-refractivity contribution < 1.29 is 0 Å². The Kier molecular flexibility index (Phi) is 6.99. The second-order valence-electron chi connectivity index (χ2n) is 7.07. The van der Waals surface area contributed by atoms with Gasteiger partial charge in [0.2, 0.25) is 0 Å². The number of aliphatic imine (C=N–C) groups is 1. The van der Waals surface area contributed by atoms with Crippen molar-refractivity contribution >= 4 is 22.3 Å². The number of guanidine groups is 1. The number of piperazine rings is 1. The van der Waals surface area contributed by atoms with E-state index in [1.807, 2.05) is 18.4 Å². The first kappa shape index (κ1) is 18.5. The molecule has 0 aliphatic carbocycles. The Bertz CT molecular complexity index is 514. The van der Waals surface area contributed by atoms with Crippen molar-refractivity contribution in [3.8, 4) is 0 Å². The number of thiophene rings is 1. The van der Waals surface area contributed by atoms with E-state index in [1.54, 1.807) is 0 Å². The van der Waals surface area contributed by atoms with Gasteiger partial charge in [-0.3, -0.25) is 4.99 Å². The van der Waals surface area contributed by atoms with Gasteiger partial charge in [-0.1, -0.05) is 6.92 Å². The number of hydrogen-bond acceptors (Lipinski definition) is 4. The molecule has 25 heavy (non-hydrogen) atoms. The Morgan fingerprint density at radius 2 is 1.96 bits per heavy atom. The lowest BCUT2D eigenvalue weighted by atomic mass is 9.93. The molecule has 0 radical (unpaired) electrons. The van der Waals surface area contributed by atoms with Crippen LogP contribution < -0.4 is 10.2 Å². The molecule has 2 aliphatic rings. The Labute approximate surface area is 156 Å². The molecule has 1 N–H and O–H groups in total. The van der Waals surface area contributed by atoms with E-state index in [0.717, 1.165) is 44.6 Å². The summed E-state index contributed by atoms with van der Waals surface area (Å²) in [5.41, 5.74) is 0. The third-order valence-corrected chi connectivity index (χ3v) is 6.53. The molecule has 140 valence electrons. The molecule has 1 aromatic rings. The van der Waals surface area contributed by atoms with Crippen molar-refractivity contribution in [3.63, 3.8) is 0 Å². The normalized spacial score (nSPS) is 21.0.